The highest BCUT2D eigenvalue weighted by atomic mass is 32.1. The van der Waals surface area contributed by atoms with E-state index >= 15 is 0 Å². The Bertz CT molecular complexity index is 1420. The van der Waals surface area contributed by atoms with E-state index in [9.17, 15) is 18.0 Å². The molecular formula is C22H13F3N4OS. The van der Waals surface area contributed by atoms with Crippen LogP contribution in [0.1, 0.15) is 16.1 Å². The lowest BCUT2D eigenvalue weighted by Crippen LogP contribution is -2.20. The number of amides is 1. The molecule has 1 N–H and O–H groups in total. The zero-order valence-corrected chi connectivity index (χ0v) is 16.5. The predicted octanol–water partition coefficient (Wildman–Crippen LogP) is 5.91. The average molecular weight is 438 g/mol. The maximum atomic E-state index is 13.8. The Morgan fingerprint density at radius 1 is 0.968 bits per heavy atom. The fourth-order valence-electron chi connectivity index (χ4n) is 3.43. The summed E-state index contributed by atoms with van der Waals surface area (Å²) in [6.07, 6.45) is -3.85. The number of para-hydroxylation sites is 1. The quantitative estimate of drug-likeness (QED) is 0.381. The molecule has 2 heterocycles. The maximum absolute atomic E-state index is 13.8. The Morgan fingerprint density at radius 3 is 2.48 bits per heavy atom. The number of carbonyl (C=O) groups excluding carboxylic acids is 1. The van der Waals surface area contributed by atoms with Crippen LogP contribution in [0, 0.1) is 0 Å². The molecule has 0 aliphatic carbocycles. The molecule has 5 nitrogen and oxygen atoms in total. The number of nitrogens with one attached hydrogen (secondary N) is 1. The number of hydrogen-bond donors (Lipinski definition) is 1. The zero-order chi connectivity index (χ0) is 21.6. The third-order valence-corrected chi connectivity index (χ3v) is 5.72. The van der Waals surface area contributed by atoms with Gasteiger partial charge >= 0.3 is 6.18 Å². The normalized spacial score (nSPS) is 11.8. The third-order valence-electron chi connectivity index (χ3n) is 4.79. The average Bonchev–Trinajstić information content (AvgIpc) is 3.38. The summed E-state index contributed by atoms with van der Waals surface area (Å²) >= 11 is 1.20. The van der Waals surface area contributed by atoms with Crippen LogP contribution in [0.2, 0.25) is 0 Å². The fourth-order valence-corrected chi connectivity index (χ4v) is 4.31. The van der Waals surface area contributed by atoms with Gasteiger partial charge in [-0.1, -0.05) is 59.9 Å². The first-order valence-electron chi connectivity index (χ1n) is 9.22. The minimum absolute atomic E-state index is 0.209. The molecule has 31 heavy (non-hydrogen) atoms. The highest BCUT2D eigenvalue weighted by Crippen LogP contribution is 2.35. The standard InChI is InChI=1S/C22H13F3N4OS/c23-22(24,25)19-16(12-26-29(19)14-7-2-1-3-8-14)20(30)28-21-27-18-15-9-5-4-6-13(15)10-11-17(18)31-21/h1-12H,(H,27,28,30). The lowest BCUT2D eigenvalue weighted by atomic mass is 10.1. The number of anilines is 1. The fraction of sp³-hybridized carbons (Fsp3) is 0.0455. The van der Waals surface area contributed by atoms with Gasteiger partial charge in [-0.2, -0.15) is 18.3 Å². The van der Waals surface area contributed by atoms with Crippen molar-refractivity contribution in [3.63, 3.8) is 0 Å². The molecule has 0 fully saturated rings. The number of rotatable bonds is 3. The summed E-state index contributed by atoms with van der Waals surface area (Å²) in [6.45, 7) is 0. The molecule has 0 spiro atoms. The van der Waals surface area contributed by atoms with Crippen molar-refractivity contribution < 1.29 is 18.0 Å². The molecule has 0 atom stereocenters. The zero-order valence-electron chi connectivity index (χ0n) is 15.7. The molecular weight excluding hydrogens is 425 g/mol. The van der Waals surface area contributed by atoms with Crippen LogP contribution in [0.15, 0.2) is 72.9 Å². The van der Waals surface area contributed by atoms with Crippen LogP contribution in [-0.2, 0) is 6.18 Å². The number of benzene rings is 3. The number of aromatic nitrogens is 3. The van der Waals surface area contributed by atoms with Crippen molar-refractivity contribution in [3.05, 3.63) is 84.2 Å². The van der Waals surface area contributed by atoms with Gasteiger partial charge in [0.05, 0.1) is 27.7 Å². The molecule has 3 aromatic carbocycles. The molecule has 154 valence electrons. The van der Waals surface area contributed by atoms with E-state index in [4.69, 9.17) is 0 Å². The Balaban J connectivity index is 1.54. The van der Waals surface area contributed by atoms with Crippen molar-refractivity contribution in [2.24, 2.45) is 0 Å². The van der Waals surface area contributed by atoms with Gasteiger partial charge in [-0.3, -0.25) is 10.1 Å². The molecule has 0 radical (unpaired) electrons. The van der Waals surface area contributed by atoms with Crippen LogP contribution in [-0.4, -0.2) is 20.7 Å². The summed E-state index contributed by atoms with van der Waals surface area (Å²) in [7, 11) is 0. The van der Waals surface area contributed by atoms with Gasteiger partial charge in [0.15, 0.2) is 10.8 Å². The van der Waals surface area contributed by atoms with Crippen molar-refractivity contribution >= 4 is 43.4 Å². The van der Waals surface area contributed by atoms with E-state index in [1.54, 1.807) is 18.2 Å². The Labute approximate surface area is 177 Å². The minimum Gasteiger partial charge on any atom is -0.298 e. The number of carbonyl (C=O) groups is 1. The number of halogens is 3. The predicted molar refractivity (Wildman–Crippen MR) is 114 cm³/mol. The summed E-state index contributed by atoms with van der Waals surface area (Å²) in [4.78, 5) is 17.2. The van der Waals surface area contributed by atoms with Gasteiger partial charge in [0, 0.05) is 5.39 Å². The van der Waals surface area contributed by atoms with E-state index in [0.717, 1.165) is 26.4 Å². The summed E-state index contributed by atoms with van der Waals surface area (Å²) in [5, 5.41) is 8.44. The van der Waals surface area contributed by atoms with Crippen molar-refractivity contribution in [2.75, 3.05) is 5.32 Å². The second kappa shape index (κ2) is 7.21. The SMILES string of the molecule is O=C(Nc1nc2c(ccc3ccccc32)s1)c1cnn(-c2ccccc2)c1C(F)(F)F. The third kappa shape index (κ3) is 3.42. The molecule has 9 heteroatoms. The molecule has 0 unspecified atom stereocenters. The van der Waals surface area contributed by atoms with Crippen LogP contribution in [0.4, 0.5) is 18.3 Å². The number of fused-ring (bicyclic) bond motifs is 3. The molecule has 0 aliphatic rings. The van der Waals surface area contributed by atoms with Gasteiger partial charge in [0.25, 0.3) is 5.91 Å². The molecule has 5 rings (SSSR count). The Hall–Kier alpha value is -3.72. The largest absolute Gasteiger partial charge is 0.434 e. The molecule has 1 amide bonds. The highest BCUT2D eigenvalue weighted by molar-refractivity contribution is 7.22. The van der Waals surface area contributed by atoms with Crippen LogP contribution in [0.5, 0.6) is 0 Å². The second-order valence-corrected chi connectivity index (χ2v) is 7.79. The molecule has 2 aromatic heterocycles. The summed E-state index contributed by atoms with van der Waals surface area (Å²) in [6, 6.07) is 19.3. The van der Waals surface area contributed by atoms with Crippen LogP contribution in [0.25, 0.3) is 26.7 Å². The smallest absolute Gasteiger partial charge is 0.298 e. The summed E-state index contributed by atoms with van der Waals surface area (Å²) in [5.41, 5.74) is -0.807. The molecule has 0 aliphatic heterocycles. The van der Waals surface area contributed by atoms with Crippen LogP contribution in [0.3, 0.4) is 0 Å². The second-order valence-electron chi connectivity index (χ2n) is 6.76. The first kappa shape index (κ1) is 19.3. The highest BCUT2D eigenvalue weighted by Gasteiger charge is 2.40. The van der Waals surface area contributed by atoms with Gasteiger partial charge in [-0.15, -0.1) is 0 Å². The molecule has 0 saturated heterocycles. The van der Waals surface area contributed by atoms with Gasteiger partial charge in [0.1, 0.15) is 0 Å². The van der Waals surface area contributed by atoms with E-state index in [1.807, 2.05) is 36.4 Å². The summed E-state index contributed by atoms with van der Waals surface area (Å²) < 4.78 is 43.0. The first-order valence-corrected chi connectivity index (χ1v) is 10.0. The minimum atomic E-state index is -4.77. The first-order chi connectivity index (χ1) is 14.9. The molecule has 0 saturated carbocycles. The van der Waals surface area contributed by atoms with E-state index in [0.29, 0.717) is 5.52 Å². The number of hydrogen-bond acceptors (Lipinski definition) is 4. The number of alkyl halides is 3. The molecule has 0 bridgehead atoms. The van der Waals surface area contributed by atoms with E-state index < -0.39 is 23.3 Å². The monoisotopic (exact) mass is 438 g/mol. The Morgan fingerprint density at radius 2 is 1.71 bits per heavy atom. The maximum Gasteiger partial charge on any atom is 0.434 e. The topological polar surface area (TPSA) is 59.8 Å². The van der Waals surface area contributed by atoms with Crippen LogP contribution >= 0.6 is 11.3 Å². The van der Waals surface area contributed by atoms with E-state index in [-0.39, 0.29) is 10.8 Å². The van der Waals surface area contributed by atoms with Crippen LogP contribution < -0.4 is 5.32 Å². The lowest BCUT2D eigenvalue weighted by molar-refractivity contribution is -0.143. The summed E-state index contributed by atoms with van der Waals surface area (Å²) in [5.74, 6) is -0.919. The Kier molecular flexibility index (Phi) is 4.48. The molecule has 5 aromatic rings. The lowest BCUT2D eigenvalue weighted by Gasteiger charge is -2.12. The van der Waals surface area contributed by atoms with Gasteiger partial charge < -0.3 is 0 Å². The number of nitrogens with zero attached hydrogens (tertiary/aromatic N) is 3. The van der Waals surface area contributed by atoms with Gasteiger partial charge in [-0.25, -0.2) is 9.67 Å². The van der Waals surface area contributed by atoms with Crippen molar-refractivity contribution in [3.8, 4) is 5.69 Å². The number of thiazole rings is 1. The van der Waals surface area contributed by atoms with Gasteiger partial charge in [-0.05, 0) is 23.6 Å². The van der Waals surface area contributed by atoms with Gasteiger partial charge in [0.2, 0.25) is 0 Å². The van der Waals surface area contributed by atoms with Crippen molar-refractivity contribution in [2.45, 2.75) is 6.18 Å². The van der Waals surface area contributed by atoms with E-state index in [1.165, 1.54) is 23.5 Å². The van der Waals surface area contributed by atoms with Crippen molar-refractivity contribution in [1.82, 2.24) is 14.8 Å². The van der Waals surface area contributed by atoms with Crippen molar-refractivity contribution in [1.29, 1.82) is 0 Å². The van der Waals surface area contributed by atoms with E-state index in [2.05, 4.69) is 15.4 Å².